The fraction of sp³-hybridized carbons (Fsp3) is 0.600. The van der Waals surface area contributed by atoms with Gasteiger partial charge in [0.25, 0.3) is 0 Å². The topological polar surface area (TPSA) is 35.7 Å². The molecule has 2 rings (SSSR count). The zero-order chi connectivity index (χ0) is 13.7. The van der Waals surface area contributed by atoms with E-state index >= 15 is 0 Å². The first kappa shape index (κ1) is 14.3. The summed E-state index contributed by atoms with van der Waals surface area (Å²) in [7, 11) is 4.27. The number of rotatable bonds is 5. The van der Waals surface area contributed by atoms with Crippen LogP contribution in [0, 0.1) is 0 Å². The fourth-order valence-corrected chi connectivity index (χ4v) is 2.45. The fourth-order valence-electron chi connectivity index (χ4n) is 2.45. The first-order valence-electron chi connectivity index (χ1n) is 7.10. The molecule has 106 valence electrons. The van der Waals surface area contributed by atoms with Crippen LogP contribution in [0.4, 0.5) is 5.69 Å². The summed E-state index contributed by atoms with van der Waals surface area (Å²) in [4.78, 5) is 7.26. The van der Waals surface area contributed by atoms with Gasteiger partial charge in [0.15, 0.2) is 0 Å². The van der Waals surface area contributed by atoms with E-state index in [-0.39, 0.29) is 0 Å². The number of piperazine rings is 1. The summed E-state index contributed by atoms with van der Waals surface area (Å²) in [5, 5.41) is 0. The second-order valence-electron chi connectivity index (χ2n) is 5.51. The zero-order valence-corrected chi connectivity index (χ0v) is 12.2. The minimum atomic E-state index is 0.622. The summed E-state index contributed by atoms with van der Waals surface area (Å²) < 4.78 is 0. The molecule has 0 bridgehead atoms. The van der Waals surface area contributed by atoms with Gasteiger partial charge in [-0.1, -0.05) is 12.1 Å². The molecule has 1 aliphatic heterocycles. The largest absolute Gasteiger partial charge is 0.369 e. The van der Waals surface area contributed by atoms with Crippen molar-refractivity contribution in [1.29, 1.82) is 0 Å². The highest BCUT2D eigenvalue weighted by Gasteiger charge is 2.16. The van der Waals surface area contributed by atoms with Crippen LogP contribution in [-0.4, -0.2) is 63.2 Å². The van der Waals surface area contributed by atoms with Crippen LogP contribution in [-0.2, 0) is 6.54 Å². The van der Waals surface area contributed by atoms with Crippen molar-refractivity contribution in [1.82, 2.24) is 9.80 Å². The molecule has 0 aliphatic carbocycles. The second kappa shape index (κ2) is 6.89. The third-order valence-electron chi connectivity index (χ3n) is 3.75. The van der Waals surface area contributed by atoms with Gasteiger partial charge < -0.3 is 15.5 Å². The SMILES string of the molecule is CN(C)CCN1CCN(c2cccc(CN)c2)CC1. The predicted octanol–water partition coefficient (Wildman–Crippen LogP) is 0.829. The molecule has 1 aliphatic rings. The van der Waals surface area contributed by atoms with Crippen LogP contribution in [0.25, 0.3) is 0 Å². The maximum absolute atomic E-state index is 5.71. The molecule has 1 saturated heterocycles. The summed E-state index contributed by atoms with van der Waals surface area (Å²) in [5.74, 6) is 0. The number of nitrogens with zero attached hydrogens (tertiary/aromatic N) is 3. The Bertz CT molecular complexity index is 383. The van der Waals surface area contributed by atoms with Crippen molar-refractivity contribution in [3.63, 3.8) is 0 Å². The molecule has 4 heteroatoms. The Morgan fingerprint density at radius 1 is 1.16 bits per heavy atom. The van der Waals surface area contributed by atoms with Gasteiger partial charge in [-0.05, 0) is 31.8 Å². The van der Waals surface area contributed by atoms with Crippen molar-refractivity contribution in [3.8, 4) is 0 Å². The van der Waals surface area contributed by atoms with Gasteiger partial charge in [-0.3, -0.25) is 4.90 Å². The maximum Gasteiger partial charge on any atom is 0.0370 e. The molecular formula is C15H26N4. The number of anilines is 1. The van der Waals surface area contributed by atoms with E-state index in [4.69, 9.17) is 5.73 Å². The Morgan fingerprint density at radius 2 is 1.89 bits per heavy atom. The van der Waals surface area contributed by atoms with Gasteiger partial charge in [0.1, 0.15) is 0 Å². The molecule has 2 N–H and O–H groups in total. The first-order valence-corrected chi connectivity index (χ1v) is 7.10. The minimum absolute atomic E-state index is 0.622. The van der Waals surface area contributed by atoms with Crippen LogP contribution < -0.4 is 10.6 Å². The van der Waals surface area contributed by atoms with Gasteiger partial charge in [0, 0.05) is 51.5 Å². The number of benzene rings is 1. The molecule has 1 aromatic carbocycles. The smallest absolute Gasteiger partial charge is 0.0370 e. The van der Waals surface area contributed by atoms with Gasteiger partial charge in [-0.25, -0.2) is 0 Å². The second-order valence-corrected chi connectivity index (χ2v) is 5.51. The number of hydrogen-bond donors (Lipinski definition) is 1. The highest BCUT2D eigenvalue weighted by atomic mass is 15.3. The summed E-state index contributed by atoms with van der Waals surface area (Å²) >= 11 is 0. The molecule has 19 heavy (non-hydrogen) atoms. The van der Waals surface area contributed by atoms with E-state index in [0.717, 1.165) is 32.7 Å². The minimum Gasteiger partial charge on any atom is -0.369 e. The molecule has 0 aromatic heterocycles. The maximum atomic E-state index is 5.71. The summed E-state index contributed by atoms with van der Waals surface area (Å²) in [5.41, 5.74) is 8.24. The van der Waals surface area contributed by atoms with E-state index in [1.807, 2.05) is 0 Å². The number of hydrogen-bond acceptors (Lipinski definition) is 4. The van der Waals surface area contributed by atoms with Gasteiger partial charge in [0.2, 0.25) is 0 Å². The van der Waals surface area contributed by atoms with E-state index < -0.39 is 0 Å². The molecule has 0 atom stereocenters. The molecule has 0 saturated carbocycles. The van der Waals surface area contributed by atoms with E-state index in [9.17, 15) is 0 Å². The zero-order valence-electron chi connectivity index (χ0n) is 12.2. The monoisotopic (exact) mass is 262 g/mol. The van der Waals surface area contributed by atoms with E-state index in [1.165, 1.54) is 17.8 Å². The molecule has 0 radical (unpaired) electrons. The van der Waals surface area contributed by atoms with Crippen molar-refractivity contribution in [2.45, 2.75) is 6.54 Å². The predicted molar refractivity (Wildman–Crippen MR) is 81.5 cm³/mol. The Kier molecular flexibility index (Phi) is 5.19. The van der Waals surface area contributed by atoms with Gasteiger partial charge in [0.05, 0.1) is 0 Å². The Balaban J connectivity index is 1.85. The van der Waals surface area contributed by atoms with E-state index in [1.54, 1.807) is 0 Å². The van der Waals surface area contributed by atoms with Crippen LogP contribution in [0.3, 0.4) is 0 Å². The van der Waals surface area contributed by atoms with Crippen molar-refractivity contribution < 1.29 is 0 Å². The van der Waals surface area contributed by atoms with E-state index in [0.29, 0.717) is 6.54 Å². The van der Waals surface area contributed by atoms with Crippen molar-refractivity contribution in [3.05, 3.63) is 29.8 Å². The van der Waals surface area contributed by atoms with Crippen LogP contribution >= 0.6 is 0 Å². The highest BCUT2D eigenvalue weighted by molar-refractivity contribution is 5.49. The van der Waals surface area contributed by atoms with Crippen LogP contribution in [0.2, 0.25) is 0 Å². The quantitative estimate of drug-likeness (QED) is 0.852. The Labute approximate surface area is 116 Å². The summed E-state index contributed by atoms with van der Waals surface area (Å²) in [6.07, 6.45) is 0. The first-order chi connectivity index (χ1) is 9.19. The Hall–Kier alpha value is -1.10. The third-order valence-corrected chi connectivity index (χ3v) is 3.75. The molecule has 0 amide bonds. The van der Waals surface area contributed by atoms with Crippen molar-refractivity contribution in [2.75, 3.05) is 58.3 Å². The number of likely N-dealkylation sites (N-methyl/N-ethyl adjacent to an activating group) is 1. The molecular weight excluding hydrogens is 236 g/mol. The summed E-state index contributed by atoms with van der Waals surface area (Å²) in [6.45, 7) is 7.47. The lowest BCUT2D eigenvalue weighted by Gasteiger charge is -2.36. The normalized spacial score (nSPS) is 17.2. The molecule has 1 aromatic rings. The summed E-state index contributed by atoms with van der Waals surface area (Å²) in [6, 6.07) is 8.61. The molecule has 4 nitrogen and oxygen atoms in total. The Morgan fingerprint density at radius 3 is 2.53 bits per heavy atom. The van der Waals surface area contributed by atoms with Crippen LogP contribution in [0.5, 0.6) is 0 Å². The number of nitrogens with two attached hydrogens (primary N) is 1. The van der Waals surface area contributed by atoms with Gasteiger partial charge in [-0.15, -0.1) is 0 Å². The molecule has 1 fully saturated rings. The average Bonchev–Trinajstić information content (AvgIpc) is 2.45. The molecule has 0 spiro atoms. The van der Waals surface area contributed by atoms with Crippen LogP contribution in [0.15, 0.2) is 24.3 Å². The standard InChI is InChI=1S/C15H26N4/c1-17(2)6-7-18-8-10-19(11-9-18)15-5-3-4-14(12-15)13-16/h3-5,12H,6-11,13,16H2,1-2H3. The highest BCUT2D eigenvalue weighted by Crippen LogP contribution is 2.17. The average molecular weight is 262 g/mol. The molecule has 0 unspecified atom stereocenters. The van der Waals surface area contributed by atoms with E-state index in [2.05, 4.69) is 53.1 Å². The molecule has 1 heterocycles. The van der Waals surface area contributed by atoms with Crippen LogP contribution in [0.1, 0.15) is 5.56 Å². The van der Waals surface area contributed by atoms with Crippen molar-refractivity contribution in [2.24, 2.45) is 5.73 Å². The van der Waals surface area contributed by atoms with Crippen molar-refractivity contribution >= 4 is 5.69 Å². The van der Waals surface area contributed by atoms with Gasteiger partial charge in [-0.2, -0.15) is 0 Å². The third kappa shape index (κ3) is 4.20. The lowest BCUT2D eigenvalue weighted by atomic mass is 10.1. The lowest BCUT2D eigenvalue weighted by Crippen LogP contribution is -2.48. The lowest BCUT2D eigenvalue weighted by molar-refractivity contribution is 0.229. The van der Waals surface area contributed by atoms with Gasteiger partial charge >= 0.3 is 0 Å².